The van der Waals surface area contributed by atoms with E-state index < -0.39 is 0 Å². The Morgan fingerprint density at radius 3 is 2.03 bits per heavy atom. The second-order valence-corrected chi connectivity index (χ2v) is 8.30. The highest BCUT2D eigenvalue weighted by molar-refractivity contribution is 5.82. The van der Waals surface area contributed by atoms with Crippen LogP contribution in [0.3, 0.4) is 0 Å². The maximum atomic E-state index is 12.7. The fraction of sp³-hybridized carbons (Fsp3) is 0.857. The zero-order chi connectivity index (χ0) is 20.6. The highest BCUT2D eigenvalue weighted by atomic mass is 16.2. The lowest BCUT2D eigenvalue weighted by atomic mass is 10.2. The summed E-state index contributed by atoms with van der Waals surface area (Å²) in [5.41, 5.74) is 0. The van der Waals surface area contributed by atoms with Crippen LogP contribution in [-0.4, -0.2) is 109 Å². The number of guanidine groups is 1. The second-order valence-electron chi connectivity index (χ2n) is 8.30. The Bertz CT molecular complexity index is 576. The predicted molar refractivity (Wildman–Crippen MR) is 115 cm³/mol. The summed E-state index contributed by atoms with van der Waals surface area (Å²) in [7, 11) is 0. The molecule has 8 heteroatoms. The minimum Gasteiger partial charge on any atom is -0.357 e. The van der Waals surface area contributed by atoms with Gasteiger partial charge in [-0.25, -0.2) is 0 Å². The van der Waals surface area contributed by atoms with Gasteiger partial charge in [-0.3, -0.25) is 19.5 Å². The first-order valence-corrected chi connectivity index (χ1v) is 11.4. The van der Waals surface area contributed by atoms with Crippen molar-refractivity contribution in [1.29, 1.82) is 0 Å². The van der Waals surface area contributed by atoms with Crippen LogP contribution in [0.4, 0.5) is 0 Å². The van der Waals surface area contributed by atoms with E-state index in [0.717, 1.165) is 90.5 Å². The lowest BCUT2D eigenvalue weighted by Crippen LogP contribution is -2.57. The second kappa shape index (κ2) is 10.8. The Morgan fingerprint density at radius 2 is 1.45 bits per heavy atom. The van der Waals surface area contributed by atoms with Gasteiger partial charge in [-0.1, -0.05) is 0 Å². The summed E-state index contributed by atoms with van der Waals surface area (Å²) < 4.78 is 0. The molecule has 3 fully saturated rings. The van der Waals surface area contributed by atoms with E-state index in [1.54, 1.807) is 0 Å². The van der Waals surface area contributed by atoms with Gasteiger partial charge >= 0.3 is 0 Å². The highest BCUT2D eigenvalue weighted by Gasteiger charge is 2.30. The average molecular weight is 407 g/mol. The Morgan fingerprint density at radius 1 is 0.862 bits per heavy atom. The van der Waals surface area contributed by atoms with E-state index in [1.807, 2.05) is 16.7 Å². The fourth-order valence-corrected chi connectivity index (χ4v) is 4.49. The summed E-state index contributed by atoms with van der Waals surface area (Å²) in [4.78, 5) is 38.1. The average Bonchev–Trinajstić information content (AvgIpc) is 3.46. The van der Waals surface area contributed by atoms with E-state index in [1.165, 1.54) is 0 Å². The van der Waals surface area contributed by atoms with Gasteiger partial charge in [-0.05, 0) is 39.5 Å². The number of nitrogens with zero attached hydrogens (tertiary/aromatic N) is 5. The van der Waals surface area contributed by atoms with Gasteiger partial charge in [0.05, 0.1) is 12.6 Å². The zero-order valence-corrected chi connectivity index (χ0v) is 18.2. The largest absolute Gasteiger partial charge is 0.357 e. The van der Waals surface area contributed by atoms with Crippen molar-refractivity contribution in [3.63, 3.8) is 0 Å². The van der Waals surface area contributed by atoms with Gasteiger partial charge in [0.2, 0.25) is 11.8 Å². The summed E-state index contributed by atoms with van der Waals surface area (Å²) in [6.45, 7) is 12.5. The number of nitrogens with one attached hydrogen (secondary N) is 1. The van der Waals surface area contributed by atoms with Crippen LogP contribution < -0.4 is 5.32 Å². The normalized spacial score (nSPS) is 22.3. The van der Waals surface area contributed by atoms with Crippen molar-refractivity contribution in [2.45, 2.75) is 52.0 Å². The topological polar surface area (TPSA) is 71.5 Å². The van der Waals surface area contributed by atoms with Gasteiger partial charge in [0.25, 0.3) is 0 Å². The molecule has 3 saturated heterocycles. The fourth-order valence-electron chi connectivity index (χ4n) is 4.49. The van der Waals surface area contributed by atoms with Crippen LogP contribution in [0, 0.1) is 0 Å². The summed E-state index contributed by atoms with van der Waals surface area (Å²) in [5, 5.41) is 3.36. The van der Waals surface area contributed by atoms with Crippen molar-refractivity contribution in [2.24, 2.45) is 4.99 Å². The molecule has 0 aromatic carbocycles. The number of likely N-dealkylation sites (tertiary alicyclic amines) is 2. The zero-order valence-electron chi connectivity index (χ0n) is 18.2. The van der Waals surface area contributed by atoms with Crippen molar-refractivity contribution >= 4 is 17.8 Å². The van der Waals surface area contributed by atoms with E-state index in [0.29, 0.717) is 13.0 Å². The van der Waals surface area contributed by atoms with Crippen LogP contribution in [0.25, 0.3) is 0 Å². The first-order chi connectivity index (χ1) is 14.1. The van der Waals surface area contributed by atoms with Crippen LogP contribution >= 0.6 is 0 Å². The Balaban J connectivity index is 1.46. The lowest BCUT2D eigenvalue weighted by molar-refractivity contribution is -0.135. The quantitative estimate of drug-likeness (QED) is 0.516. The molecule has 0 aliphatic carbocycles. The molecule has 0 aromatic heterocycles. The van der Waals surface area contributed by atoms with E-state index in [9.17, 15) is 9.59 Å². The molecule has 3 heterocycles. The molecule has 1 N–H and O–H groups in total. The third kappa shape index (κ3) is 5.84. The van der Waals surface area contributed by atoms with Gasteiger partial charge in [-0.2, -0.15) is 0 Å². The molecule has 0 radical (unpaired) electrons. The van der Waals surface area contributed by atoms with E-state index in [-0.39, 0.29) is 17.9 Å². The number of carbonyl (C=O) groups is 2. The molecule has 3 aliphatic rings. The van der Waals surface area contributed by atoms with E-state index in [2.05, 4.69) is 22.0 Å². The molecular formula is C21H38N6O2. The summed E-state index contributed by atoms with van der Waals surface area (Å²) in [5.74, 6) is 1.39. The standard InChI is InChI=1S/C21H38N6O2/c1-3-22-21(23-9-8-19(28)25-10-4-5-11-25)27-16-14-24(15-17-27)18(2)20(29)26-12-6-7-13-26/h18H,3-17H2,1-2H3,(H,22,23). The molecule has 3 aliphatic heterocycles. The molecule has 8 nitrogen and oxygen atoms in total. The molecule has 3 rings (SSSR count). The van der Waals surface area contributed by atoms with Crippen LogP contribution in [0.1, 0.15) is 46.0 Å². The first kappa shape index (κ1) is 21.9. The molecule has 2 amide bonds. The minimum atomic E-state index is -0.0483. The molecule has 1 atom stereocenters. The Labute approximate surface area is 175 Å². The number of hydrogen-bond acceptors (Lipinski definition) is 4. The van der Waals surface area contributed by atoms with Crippen LogP contribution in [0.15, 0.2) is 4.99 Å². The maximum Gasteiger partial charge on any atom is 0.239 e. The van der Waals surface area contributed by atoms with Crippen LogP contribution in [-0.2, 0) is 9.59 Å². The van der Waals surface area contributed by atoms with Crippen molar-refractivity contribution in [2.75, 3.05) is 65.4 Å². The van der Waals surface area contributed by atoms with Crippen molar-refractivity contribution in [1.82, 2.24) is 24.9 Å². The van der Waals surface area contributed by atoms with Crippen molar-refractivity contribution in [3.05, 3.63) is 0 Å². The van der Waals surface area contributed by atoms with Crippen LogP contribution in [0.2, 0.25) is 0 Å². The summed E-state index contributed by atoms with van der Waals surface area (Å²) in [6, 6.07) is -0.0483. The van der Waals surface area contributed by atoms with Gasteiger partial charge in [0, 0.05) is 65.3 Å². The molecule has 0 spiro atoms. The van der Waals surface area contributed by atoms with Crippen LogP contribution in [0.5, 0.6) is 0 Å². The Hall–Kier alpha value is -1.83. The number of piperazine rings is 1. The number of carbonyl (C=O) groups excluding carboxylic acids is 2. The van der Waals surface area contributed by atoms with E-state index in [4.69, 9.17) is 4.99 Å². The highest BCUT2D eigenvalue weighted by Crippen LogP contribution is 2.14. The smallest absolute Gasteiger partial charge is 0.239 e. The van der Waals surface area contributed by atoms with Gasteiger partial charge in [0.15, 0.2) is 5.96 Å². The number of hydrogen-bond donors (Lipinski definition) is 1. The summed E-state index contributed by atoms with van der Waals surface area (Å²) >= 11 is 0. The van der Waals surface area contributed by atoms with Gasteiger partial charge < -0.3 is 20.0 Å². The molecule has 29 heavy (non-hydrogen) atoms. The minimum absolute atomic E-state index is 0.0483. The molecular weight excluding hydrogens is 368 g/mol. The van der Waals surface area contributed by atoms with E-state index >= 15 is 0 Å². The maximum absolute atomic E-state index is 12.7. The first-order valence-electron chi connectivity index (χ1n) is 11.4. The number of rotatable bonds is 6. The van der Waals surface area contributed by atoms with Gasteiger partial charge in [0.1, 0.15) is 0 Å². The predicted octanol–water partition coefficient (Wildman–Crippen LogP) is 0.593. The number of aliphatic imine (C=N–C) groups is 1. The number of amides is 2. The molecule has 0 bridgehead atoms. The lowest BCUT2D eigenvalue weighted by Gasteiger charge is -2.39. The molecule has 1 unspecified atom stereocenters. The molecule has 0 aromatic rings. The van der Waals surface area contributed by atoms with Crippen molar-refractivity contribution < 1.29 is 9.59 Å². The third-order valence-electron chi connectivity index (χ3n) is 6.32. The van der Waals surface area contributed by atoms with Crippen molar-refractivity contribution in [3.8, 4) is 0 Å². The molecule has 164 valence electrons. The van der Waals surface area contributed by atoms with Gasteiger partial charge in [-0.15, -0.1) is 0 Å². The third-order valence-corrected chi connectivity index (χ3v) is 6.32. The Kier molecular flexibility index (Phi) is 8.15. The SMILES string of the molecule is CCNC(=NCCC(=O)N1CCCC1)N1CCN(C(C)C(=O)N2CCCC2)CC1. The monoisotopic (exact) mass is 406 g/mol. The molecule has 0 saturated carbocycles. The summed E-state index contributed by atoms with van der Waals surface area (Å²) in [6.07, 6.45) is 5.00.